The molecule has 0 saturated heterocycles. The molecule has 1 amide bonds. The number of amides is 1. The molecule has 1 heterocycles. The van der Waals surface area contributed by atoms with Gasteiger partial charge >= 0.3 is 0 Å². The molecule has 0 bridgehead atoms. The van der Waals surface area contributed by atoms with Gasteiger partial charge in [-0.15, -0.1) is 0 Å². The maximum atomic E-state index is 12.5. The number of hydrazone groups is 1. The Kier molecular flexibility index (Phi) is 5.48. The Morgan fingerprint density at radius 1 is 0.971 bits per heavy atom. The lowest BCUT2D eigenvalue weighted by molar-refractivity contribution is -0.130. The van der Waals surface area contributed by atoms with E-state index >= 15 is 0 Å². The van der Waals surface area contributed by atoms with Gasteiger partial charge in [-0.3, -0.25) is 4.79 Å². The van der Waals surface area contributed by atoms with Crippen molar-refractivity contribution in [2.24, 2.45) is 45.5 Å². The lowest BCUT2D eigenvalue weighted by atomic mass is 9.44. The van der Waals surface area contributed by atoms with Gasteiger partial charge in [0.2, 0.25) is 5.91 Å². The number of carbonyl (C=O) groups is 1. The Morgan fingerprint density at radius 3 is 2.47 bits per heavy atom. The molecule has 0 aromatic heterocycles. The fourth-order valence-corrected chi connectivity index (χ4v) is 9.75. The van der Waals surface area contributed by atoms with Gasteiger partial charge in [0.25, 0.3) is 0 Å². The third-order valence-corrected chi connectivity index (χ3v) is 11.5. The van der Waals surface area contributed by atoms with Crippen LogP contribution in [0.1, 0.15) is 96.6 Å². The number of benzene rings is 1. The summed E-state index contributed by atoms with van der Waals surface area (Å²) < 4.78 is 0. The van der Waals surface area contributed by atoms with E-state index in [4.69, 9.17) is 5.10 Å². The summed E-state index contributed by atoms with van der Waals surface area (Å²) in [5, 5.41) is 17.1. The topological polar surface area (TPSA) is 52.9 Å². The maximum Gasteiger partial charge on any atom is 0.240 e. The molecule has 0 spiro atoms. The summed E-state index contributed by atoms with van der Waals surface area (Å²) in [4.78, 5) is 12.5. The Hall–Kier alpha value is -1.68. The molecule has 4 nitrogen and oxygen atoms in total. The van der Waals surface area contributed by atoms with Crippen LogP contribution in [0.5, 0.6) is 0 Å². The second kappa shape index (κ2) is 8.18. The quantitative estimate of drug-likeness (QED) is 0.556. The van der Waals surface area contributed by atoms with Crippen LogP contribution in [0.15, 0.2) is 35.4 Å². The van der Waals surface area contributed by atoms with Crippen molar-refractivity contribution in [3.63, 3.8) is 0 Å². The van der Waals surface area contributed by atoms with Crippen molar-refractivity contribution in [2.45, 2.75) is 97.1 Å². The highest BCUT2D eigenvalue weighted by Gasteiger charge is 2.61. The Bertz CT molecular complexity index is 975. The first-order valence-corrected chi connectivity index (χ1v) is 13.9. The summed E-state index contributed by atoms with van der Waals surface area (Å²) in [6.45, 7) is 6.81. The summed E-state index contributed by atoms with van der Waals surface area (Å²) in [6, 6.07) is 10.5. The van der Waals surface area contributed by atoms with Crippen LogP contribution in [0.4, 0.5) is 0 Å². The average Bonchev–Trinajstić information content (AvgIpc) is 3.41. The molecular weight excluding hydrogens is 420 g/mol. The molecule has 4 fully saturated rings. The molecular formula is C30H42N2O2. The molecule has 34 heavy (non-hydrogen) atoms. The normalized spacial score (nSPS) is 45.8. The van der Waals surface area contributed by atoms with Crippen molar-refractivity contribution in [1.29, 1.82) is 0 Å². The van der Waals surface area contributed by atoms with Crippen LogP contribution >= 0.6 is 0 Å². The smallest absolute Gasteiger partial charge is 0.240 e. The Labute approximate surface area is 205 Å². The largest absolute Gasteiger partial charge is 0.393 e. The number of aliphatic hydroxyl groups is 1. The average molecular weight is 463 g/mol. The highest BCUT2D eigenvalue weighted by molar-refractivity contribution is 5.92. The fourth-order valence-electron chi connectivity index (χ4n) is 9.75. The van der Waals surface area contributed by atoms with Gasteiger partial charge in [0.05, 0.1) is 12.1 Å². The highest BCUT2D eigenvalue weighted by atomic mass is 16.3. The molecule has 5 aliphatic rings. The minimum atomic E-state index is -0.0681. The van der Waals surface area contributed by atoms with E-state index < -0.39 is 0 Å². The fraction of sp³-hybridized carbons (Fsp3) is 0.733. The summed E-state index contributed by atoms with van der Waals surface area (Å²) >= 11 is 0. The molecule has 6 rings (SSSR count). The van der Waals surface area contributed by atoms with E-state index in [9.17, 15) is 9.90 Å². The first kappa shape index (κ1) is 22.8. The number of nitrogens with zero attached hydrogens (tertiary/aromatic N) is 2. The van der Waals surface area contributed by atoms with Crippen LogP contribution in [0.25, 0.3) is 0 Å². The number of fused-ring (bicyclic) bond motifs is 5. The molecule has 0 unspecified atom stereocenters. The second-order valence-corrected chi connectivity index (χ2v) is 12.8. The summed E-state index contributed by atoms with van der Waals surface area (Å²) in [7, 11) is 0. The lowest BCUT2D eigenvalue weighted by Gasteiger charge is -2.61. The van der Waals surface area contributed by atoms with Crippen LogP contribution < -0.4 is 0 Å². The van der Waals surface area contributed by atoms with Crippen molar-refractivity contribution in [3.05, 3.63) is 35.9 Å². The van der Waals surface area contributed by atoms with Gasteiger partial charge in [-0.2, -0.15) is 5.10 Å². The van der Waals surface area contributed by atoms with Crippen molar-refractivity contribution < 1.29 is 9.90 Å². The van der Waals surface area contributed by atoms with Gasteiger partial charge in [0.15, 0.2) is 0 Å². The van der Waals surface area contributed by atoms with E-state index in [-0.39, 0.29) is 18.1 Å². The van der Waals surface area contributed by atoms with Crippen molar-refractivity contribution in [2.75, 3.05) is 0 Å². The molecule has 0 radical (unpaired) electrons. The molecule has 1 N–H and O–H groups in total. The van der Waals surface area contributed by atoms with E-state index in [1.165, 1.54) is 56.2 Å². The third-order valence-electron chi connectivity index (χ3n) is 11.5. The van der Waals surface area contributed by atoms with Gasteiger partial charge in [-0.1, -0.05) is 44.2 Å². The van der Waals surface area contributed by atoms with E-state index in [0.29, 0.717) is 22.7 Å². The van der Waals surface area contributed by atoms with Gasteiger partial charge < -0.3 is 5.11 Å². The van der Waals surface area contributed by atoms with E-state index in [2.05, 4.69) is 38.1 Å². The lowest BCUT2D eigenvalue weighted by Crippen LogP contribution is -2.54. The van der Waals surface area contributed by atoms with Crippen LogP contribution in [0, 0.1) is 40.4 Å². The molecule has 4 aliphatic carbocycles. The van der Waals surface area contributed by atoms with E-state index in [0.717, 1.165) is 37.0 Å². The molecule has 9 atom stereocenters. The first-order valence-electron chi connectivity index (χ1n) is 13.9. The predicted molar refractivity (Wildman–Crippen MR) is 135 cm³/mol. The number of rotatable bonds is 2. The summed E-state index contributed by atoms with van der Waals surface area (Å²) in [5.74, 6) is 3.72. The Balaban J connectivity index is 1.25. The van der Waals surface area contributed by atoms with Gasteiger partial charge in [0.1, 0.15) is 0 Å². The number of carbonyl (C=O) groups excluding carboxylic acids is 1. The third kappa shape index (κ3) is 3.34. The number of hydrogen-bond acceptors (Lipinski definition) is 3. The van der Waals surface area contributed by atoms with Crippen molar-refractivity contribution in [3.8, 4) is 0 Å². The predicted octanol–water partition coefficient (Wildman–Crippen LogP) is 6.36. The summed E-state index contributed by atoms with van der Waals surface area (Å²) in [5.41, 5.74) is 3.22. The van der Waals surface area contributed by atoms with Crippen LogP contribution in [-0.2, 0) is 4.79 Å². The van der Waals surface area contributed by atoms with Gasteiger partial charge in [-0.25, -0.2) is 5.01 Å². The minimum absolute atomic E-state index is 0.0516. The van der Waals surface area contributed by atoms with Crippen LogP contribution in [0.3, 0.4) is 0 Å². The van der Waals surface area contributed by atoms with Gasteiger partial charge in [-0.05, 0) is 97.9 Å². The molecule has 1 aliphatic heterocycles. The van der Waals surface area contributed by atoms with E-state index in [1.807, 2.05) is 6.07 Å². The van der Waals surface area contributed by atoms with Crippen LogP contribution in [-0.4, -0.2) is 27.8 Å². The zero-order chi connectivity index (χ0) is 23.7. The molecule has 184 valence electrons. The molecule has 4 saturated carbocycles. The molecule has 1 aromatic rings. The zero-order valence-corrected chi connectivity index (χ0v) is 21.2. The monoisotopic (exact) mass is 462 g/mol. The van der Waals surface area contributed by atoms with Crippen molar-refractivity contribution >= 4 is 11.6 Å². The minimum Gasteiger partial charge on any atom is -0.393 e. The van der Waals surface area contributed by atoms with Crippen LogP contribution in [0.2, 0.25) is 0 Å². The number of aliphatic hydroxyl groups excluding tert-OH is 1. The number of hydrogen-bond donors (Lipinski definition) is 1. The SMILES string of the molecule is CC(=O)N1N=C([C@H]2CC[C@H]3[C@@H]4CC[C@H]5C[C@@H](O)CC[C@]5(C)[C@H]4CC[C@]23C)C[C@@H]1c1ccccc1. The standard InChI is InChI=1S/C30H42N2O2/c1-19(33)32-28(20-7-5-4-6-8-20)18-27(31-32)26-12-11-24-23-10-9-21-17-22(34)13-15-29(21,2)25(23)14-16-30(24,26)3/h4-8,21-26,28,34H,9-18H2,1-3H3/t21-,22-,23-,24-,25-,26+,28+,29-,30-/m0/s1. The first-order chi connectivity index (χ1) is 16.3. The van der Waals surface area contributed by atoms with Crippen molar-refractivity contribution in [1.82, 2.24) is 5.01 Å². The Morgan fingerprint density at radius 2 is 1.71 bits per heavy atom. The van der Waals surface area contributed by atoms with E-state index in [1.54, 1.807) is 11.9 Å². The highest BCUT2D eigenvalue weighted by Crippen LogP contribution is 2.68. The second-order valence-electron chi connectivity index (χ2n) is 12.8. The van der Waals surface area contributed by atoms with Gasteiger partial charge in [0, 0.05) is 25.0 Å². The summed E-state index contributed by atoms with van der Waals surface area (Å²) in [6.07, 6.45) is 11.9. The molecule has 4 heteroatoms. The zero-order valence-electron chi connectivity index (χ0n) is 21.2. The molecule has 1 aromatic carbocycles. The maximum absolute atomic E-state index is 12.5.